The first-order valence-corrected chi connectivity index (χ1v) is 6.11. The van der Waals surface area contributed by atoms with E-state index in [-0.39, 0.29) is 11.1 Å². The van der Waals surface area contributed by atoms with Gasteiger partial charge in [-0.05, 0) is 30.3 Å². The van der Waals surface area contributed by atoms with Crippen molar-refractivity contribution in [3.05, 3.63) is 53.6 Å². The molecule has 6 heteroatoms. The Labute approximate surface area is 118 Å². The second-order valence-electron chi connectivity index (χ2n) is 4.51. The summed E-state index contributed by atoms with van der Waals surface area (Å²) in [5.74, 6) is -1.94. The van der Waals surface area contributed by atoms with Crippen molar-refractivity contribution in [2.75, 3.05) is 0 Å². The number of fused-ring (bicyclic) bond motifs is 1. The fraction of sp³-hybridized carbons (Fsp3) is 0. The van der Waals surface area contributed by atoms with Gasteiger partial charge in [-0.3, -0.25) is 0 Å². The number of carbonyl (C=O) groups is 2. The van der Waals surface area contributed by atoms with Gasteiger partial charge in [-0.1, -0.05) is 12.1 Å². The second-order valence-corrected chi connectivity index (χ2v) is 4.51. The Balaban J connectivity index is 2.20. The smallest absolute Gasteiger partial charge is 0.335 e. The molecule has 0 unspecified atom stereocenters. The van der Waals surface area contributed by atoms with E-state index in [1.165, 1.54) is 12.1 Å². The summed E-state index contributed by atoms with van der Waals surface area (Å²) in [6.07, 6.45) is 0. The van der Waals surface area contributed by atoms with E-state index in [0.717, 1.165) is 17.1 Å². The summed E-state index contributed by atoms with van der Waals surface area (Å²) in [6, 6.07) is 11.2. The molecule has 104 valence electrons. The molecule has 0 aliphatic rings. The number of nitrogens with one attached hydrogen (secondary N) is 1. The molecule has 0 amide bonds. The van der Waals surface area contributed by atoms with Crippen LogP contribution in [0.15, 0.2) is 42.5 Å². The molecule has 0 fully saturated rings. The summed E-state index contributed by atoms with van der Waals surface area (Å²) in [5.41, 5.74) is 1.76. The number of H-pyrrole nitrogens is 1. The maximum atomic E-state index is 11.1. The van der Waals surface area contributed by atoms with E-state index in [2.05, 4.69) is 9.97 Å². The minimum absolute atomic E-state index is 0.0923. The highest BCUT2D eigenvalue weighted by atomic mass is 16.4. The van der Waals surface area contributed by atoms with Crippen molar-refractivity contribution in [1.29, 1.82) is 0 Å². The maximum Gasteiger partial charge on any atom is 0.335 e. The van der Waals surface area contributed by atoms with Crippen molar-refractivity contribution < 1.29 is 19.8 Å². The van der Waals surface area contributed by atoms with Gasteiger partial charge in [-0.25, -0.2) is 14.6 Å². The molecule has 0 spiro atoms. The van der Waals surface area contributed by atoms with Crippen LogP contribution >= 0.6 is 0 Å². The van der Waals surface area contributed by atoms with E-state index in [1.807, 2.05) is 24.3 Å². The second kappa shape index (κ2) is 4.75. The van der Waals surface area contributed by atoms with Crippen LogP contribution in [0, 0.1) is 0 Å². The van der Waals surface area contributed by atoms with Gasteiger partial charge in [0, 0.05) is 5.56 Å². The zero-order chi connectivity index (χ0) is 15.0. The SMILES string of the molecule is O=C(O)c1cc(C(=O)O)cc(-c2nc3ccccc3[nH]2)c1. The molecule has 3 N–H and O–H groups in total. The van der Waals surface area contributed by atoms with Crippen molar-refractivity contribution in [3.8, 4) is 11.4 Å². The lowest BCUT2D eigenvalue weighted by atomic mass is 10.1. The van der Waals surface area contributed by atoms with Gasteiger partial charge in [0.25, 0.3) is 0 Å². The molecule has 0 saturated heterocycles. The van der Waals surface area contributed by atoms with Crippen LogP contribution in [0.3, 0.4) is 0 Å². The first-order valence-electron chi connectivity index (χ1n) is 6.11. The van der Waals surface area contributed by atoms with E-state index in [0.29, 0.717) is 11.4 Å². The predicted molar refractivity (Wildman–Crippen MR) is 75.4 cm³/mol. The lowest BCUT2D eigenvalue weighted by Gasteiger charge is -2.02. The fourth-order valence-electron chi connectivity index (χ4n) is 2.10. The van der Waals surface area contributed by atoms with Gasteiger partial charge in [-0.15, -0.1) is 0 Å². The van der Waals surface area contributed by atoms with Crippen LogP contribution in [-0.4, -0.2) is 32.1 Å². The van der Waals surface area contributed by atoms with Crippen LogP contribution in [0.4, 0.5) is 0 Å². The van der Waals surface area contributed by atoms with Crippen molar-refractivity contribution >= 4 is 23.0 Å². The number of carboxylic acids is 2. The normalized spacial score (nSPS) is 10.7. The van der Waals surface area contributed by atoms with Crippen LogP contribution < -0.4 is 0 Å². The highest BCUT2D eigenvalue weighted by molar-refractivity contribution is 5.96. The predicted octanol–water partition coefficient (Wildman–Crippen LogP) is 2.63. The first kappa shape index (κ1) is 12.9. The number of hydrogen-bond donors (Lipinski definition) is 3. The van der Waals surface area contributed by atoms with E-state index in [9.17, 15) is 9.59 Å². The number of nitrogens with zero attached hydrogens (tertiary/aromatic N) is 1. The summed E-state index contributed by atoms with van der Waals surface area (Å²) in [4.78, 5) is 29.6. The Bertz CT molecular complexity index is 802. The van der Waals surface area contributed by atoms with Gasteiger partial charge in [0.15, 0.2) is 0 Å². The maximum absolute atomic E-state index is 11.1. The van der Waals surface area contributed by atoms with Crippen molar-refractivity contribution in [2.45, 2.75) is 0 Å². The number of benzene rings is 2. The molecule has 3 rings (SSSR count). The standard InChI is InChI=1S/C15H10N2O4/c18-14(19)9-5-8(6-10(7-9)15(20)21)13-16-11-3-1-2-4-12(11)17-13/h1-7H,(H,16,17)(H,18,19)(H,20,21). The van der Waals surface area contributed by atoms with Crippen LogP contribution in [0.25, 0.3) is 22.4 Å². The monoisotopic (exact) mass is 282 g/mol. The third-order valence-corrected chi connectivity index (χ3v) is 3.09. The van der Waals surface area contributed by atoms with E-state index >= 15 is 0 Å². The minimum atomic E-state index is -1.18. The van der Waals surface area contributed by atoms with Crippen molar-refractivity contribution in [1.82, 2.24) is 9.97 Å². The number of para-hydroxylation sites is 2. The number of carboxylic acid groups (broad SMARTS) is 2. The first-order chi connectivity index (χ1) is 10.0. The molecule has 0 saturated carbocycles. The summed E-state index contributed by atoms with van der Waals surface area (Å²) >= 11 is 0. The Hall–Kier alpha value is -3.15. The number of aromatic carboxylic acids is 2. The van der Waals surface area contributed by atoms with Crippen LogP contribution in [-0.2, 0) is 0 Å². The molecule has 0 radical (unpaired) electrons. The third kappa shape index (κ3) is 2.34. The van der Waals surface area contributed by atoms with Crippen molar-refractivity contribution in [3.63, 3.8) is 0 Å². The quantitative estimate of drug-likeness (QED) is 0.685. The lowest BCUT2D eigenvalue weighted by Crippen LogP contribution is -2.03. The molecular formula is C15H10N2O4. The summed E-state index contributed by atoms with van der Waals surface area (Å²) in [5, 5.41) is 18.2. The van der Waals surface area contributed by atoms with Crippen LogP contribution in [0.2, 0.25) is 0 Å². The molecule has 1 aromatic heterocycles. The number of aromatic nitrogens is 2. The topological polar surface area (TPSA) is 103 Å². The Morgan fingerprint density at radius 1 is 0.952 bits per heavy atom. The van der Waals surface area contributed by atoms with E-state index < -0.39 is 11.9 Å². The molecule has 3 aromatic rings. The van der Waals surface area contributed by atoms with Gasteiger partial charge in [0.1, 0.15) is 5.82 Å². The Morgan fingerprint density at radius 3 is 2.14 bits per heavy atom. The van der Waals surface area contributed by atoms with E-state index in [1.54, 1.807) is 0 Å². The number of rotatable bonds is 3. The minimum Gasteiger partial charge on any atom is -0.478 e. The molecular weight excluding hydrogens is 272 g/mol. The number of hydrogen-bond acceptors (Lipinski definition) is 3. The highest BCUT2D eigenvalue weighted by Gasteiger charge is 2.14. The lowest BCUT2D eigenvalue weighted by molar-refractivity contribution is 0.0696. The molecule has 1 heterocycles. The Morgan fingerprint density at radius 2 is 1.57 bits per heavy atom. The van der Waals surface area contributed by atoms with Gasteiger partial charge in [0.2, 0.25) is 0 Å². The molecule has 0 bridgehead atoms. The highest BCUT2D eigenvalue weighted by Crippen LogP contribution is 2.23. The zero-order valence-electron chi connectivity index (χ0n) is 10.7. The van der Waals surface area contributed by atoms with Crippen LogP contribution in [0.5, 0.6) is 0 Å². The van der Waals surface area contributed by atoms with E-state index in [4.69, 9.17) is 10.2 Å². The van der Waals surface area contributed by atoms with Gasteiger partial charge in [-0.2, -0.15) is 0 Å². The molecule has 0 atom stereocenters. The zero-order valence-corrected chi connectivity index (χ0v) is 10.7. The molecule has 2 aromatic carbocycles. The Kier molecular flexibility index (Phi) is 2.91. The molecule has 6 nitrogen and oxygen atoms in total. The number of imidazole rings is 1. The van der Waals surface area contributed by atoms with Crippen molar-refractivity contribution in [2.24, 2.45) is 0 Å². The van der Waals surface area contributed by atoms with Crippen LogP contribution in [0.1, 0.15) is 20.7 Å². The summed E-state index contributed by atoms with van der Waals surface area (Å²) in [6.45, 7) is 0. The largest absolute Gasteiger partial charge is 0.478 e. The number of aromatic amines is 1. The molecule has 21 heavy (non-hydrogen) atoms. The molecule has 0 aliphatic heterocycles. The average molecular weight is 282 g/mol. The van der Waals surface area contributed by atoms with Gasteiger partial charge < -0.3 is 15.2 Å². The van der Waals surface area contributed by atoms with Gasteiger partial charge >= 0.3 is 11.9 Å². The van der Waals surface area contributed by atoms with Gasteiger partial charge in [0.05, 0.1) is 22.2 Å². The average Bonchev–Trinajstić information content (AvgIpc) is 2.90. The fourth-order valence-corrected chi connectivity index (χ4v) is 2.10. The molecule has 0 aliphatic carbocycles. The third-order valence-electron chi connectivity index (χ3n) is 3.09. The summed E-state index contributed by atoms with van der Waals surface area (Å²) < 4.78 is 0. The summed E-state index contributed by atoms with van der Waals surface area (Å²) in [7, 11) is 0.